The van der Waals surface area contributed by atoms with E-state index in [0.717, 1.165) is 8.87 Å². The molecule has 1 aromatic heterocycles. The molecular formula is C24H28F3N5O5S. The van der Waals surface area contributed by atoms with Gasteiger partial charge in [0.05, 0.1) is 28.2 Å². The minimum absolute atomic E-state index is 0.0168. The molecule has 0 saturated carbocycles. The van der Waals surface area contributed by atoms with Gasteiger partial charge in [-0.3, -0.25) is 4.31 Å². The molecular weight excluding hydrogens is 527 g/mol. The van der Waals surface area contributed by atoms with Crippen LogP contribution >= 0.6 is 0 Å². The molecule has 3 aromatic rings. The summed E-state index contributed by atoms with van der Waals surface area (Å²) in [6, 6.07) is 9.07. The molecule has 14 heteroatoms. The van der Waals surface area contributed by atoms with Crippen molar-refractivity contribution in [3.05, 3.63) is 48.3 Å². The summed E-state index contributed by atoms with van der Waals surface area (Å²) in [4.78, 5) is 15.5. The van der Waals surface area contributed by atoms with Crippen LogP contribution in [0, 0.1) is 5.92 Å². The van der Waals surface area contributed by atoms with E-state index < -0.39 is 28.1 Å². The number of hydrogen-bond acceptors (Lipinski definition) is 6. The molecule has 1 fully saturated rings. The van der Waals surface area contributed by atoms with Gasteiger partial charge >= 0.3 is 12.2 Å². The number of carbonyl (C=O) groups is 1. The van der Waals surface area contributed by atoms with Crippen LogP contribution in [0.25, 0.3) is 11.0 Å². The van der Waals surface area contributed by atoms with E-state index in [2.05, 4.69) is 15.6 Å². The molecule has 4 rings (SSSR count). The first-order valence-corrected chi connectivity index (χ1v) is 13.3. The van der Waals surface area contributed by atoms with E-state index in [1.165, 1.54) is 49.5 Å². The lowest BCUT2D eigenvalue weighted by molar-refractivity contribution is -0.147. The van der Waals surface area contributed by atoms with Crippen molar-refractivity contribution in [2.24, 2.45) is 5.92 Å². The van der Waals surface area contributed by atoms with Crippen LogP contribution in [0.4, 0.5) is 29.3 Å². The number of aromatic nitrogens is 2. The van der Waals surface area contributed by atoms with Gasteiger partial charge < -0.3 is 25.0 Å². The standard InChI is InChI=1S/C24H28F3N5O5S/c1-31(38(35,36)19-5-2-17(3-6-19)29-23(34)28-10-11-33)18-4-7-21-20(14-18)30-22(24(25,26)27)32(21)15-16-8-12-37-13-9-16/h2-7,14,16,33H,8-13,15H2,1H3,(H2,28,29,34). The van der Waals surface area contributed by atoms with E-state index in [0.29, 0.717) is 31.7 Å². The van der Waals surface area contributed by atoms with Crippen LogP contribution in [0.2, 0.25) is 0 Å². The number of urea groups is 1. The van der Waals surface area contributed by atoms with Crippen LogP contribution in [0.15, 0.2) is 47.4 Å². The maximum absolute atomic E-state index is 13.8. The number of carbonyl (C=O) groups excluding carboxylic acids is 1. The number of halogens is 3. The zero-order valence-electron chi connectivity index (χ0n) is 20.5. The lowest BCUT2D eigenvalue weighted by Crippen LogP contribution is -2.31. The average molecular weight is 556 g/mol. The number of ether oxygens (including phenoxy) is 1. The summed E-state index contributed by atoms with van der Waals surface area (Å²) in [5.41, 5.74) is 0.788. The fraction of sp³-hybridized carbons (Fsp3) is 0.417. The number of nitrogens with one attached hydrogen (secondary N) is 2. The van der Waals surface area contributed by atoms with Gasteiger partial charge in [0.2, 0.25) is 5.82 Å². The number of rotatable bonds is 8. The fourth-order valence-corrected chi connectivity index (χ4v) is 5.44. The molecule has 2 amide bonds. The topological polar surface area (TPSA) is 126 Å². The number of imidazole rings is 1. The van der Waals surface area contributed by atoms with Gasteiger partial charge in [-0.05, 0) is 61.2 Å². The van der Waals surface area contributed by atoms with Crippen molar-refractivity contribution in [1.29, 1.82) is 0 Å². The summed E-state index contributed by atoms with van der Waals surface area (Å²) in [6.07, 6.45) is -3.37. The van der Waals surface area contributed by atoms with E-state index in [1.807, 2.05) is 0 Å². The molecule has 10 nitrogen and oxygen atoms in total. The summed E-state index contributed by atoms with van der Waals surface area (Å²) in [5, 5.41) is 13.7. The number of aliphatic hydroxyl groups excluding tert-OH is 1. The predicted molar refractivity (Wildman–Crippen MR) is 134 cm³/mol. The fourth-order valence-electron chi connectivity index (χ4n) is 4.25. The Hall–Kier alpha value is -3.36. The van der Waals surface area contributed by atoms with Gasteiger partial charge in [-0.15, -0.1) is 0 Å². The summed E-state index contributed by atoms with van der Waals surface area (Å²) in [6.45, 7) is 0.974. The van der Waals surface area contributed by atoms with E-state index >= 15 is 0 Å². The number of sulfonamides is 1. The van der Waals surface area contributed by atoms with Crippen LogP contribution in [0.5, 0.6) is 0 Å². The third-order valence-corrected chi connectivity index (χ3v) is 8.10. The smallest absolute Gasteiger partial charge is 0.395 e. The molecule has 2 aromatic carbocycles. The van der Waals surface area contributed by atoms with Crippen molar-refractivity contribution < 1.29 is 36.2 Å². The van der Waals surface area contributed by atoms with Crippen LogP contribution in [0.3, 0.4) is 0 Å². The highest BCUT2D eigenvalue weighted by Crippen LogP contribution is 2.35. The number of nitrogens with zero attached hydrogens (tertiary/aromatic N) is 3. The molecule has 3 N–H and O–H groups in total. The van der Waals surface area contributed by atoms with E-state index in [9.17, 15) is 26.4 Å². The Labute approximate surface area is 217 Å². The Morgan fingerprint density at radius 3 is 2.50 bits per heavy atom. The highest BCUT2D eigenvalue weighted by molar-refractivity contribution is 7.92. The maximum Gasteiger partial charge on any atom is 0.449 e. The molecule has 38 heavy (non-hydrogen) atoms. The first-order chi connectivity index (χ1) is 18.0. The van der Waals surface area contributed by atoms with E-state index in [1.54, 1.807) is 0 Å². The van der Waals surface area contributed by atoms with E-state index in [4.69, 9.17) is 9.84 Å². The van der Waals surface area contributed by atoms with Crippen LogP contribution in [0.1, 0.15) is 18.7 Å². The Bertz CT molecular complexity index is 1390. The highest BCUT2D eigenvalue weighted by Gasteiger charge is 2.38. The zero-order valence-corrected chi connectivity index (χ0v) is 21.3. The normalized spacial score (nSPS) is 15.0. The molecule has 0 bridgehead atoms. The number of fused-ring (bicyclic) bond motifs is 1. The second-order valence-corrected chi connectivity index (χ2v) is 10.8. The van der Waals surface area contributed by atoms with Crippen LogP contribution < -0.4 is 14.9 Å². The number of anilines is 2. The van der Waals surface area contributed by atoms with Crippen LogP contribution in [-0.4, -0.2) is 62.5 Å². The number of amides is 2. The van der Waals surface area contributed by atoms with Crippen molar-refractivity contribution >= 4 is 38.5 Å². The average Bonchev–Trinajstić information content (AvgIpc) is 3.26. The Morgan fingerprint density at radius 2 is 1.87 bits per heavy atom. The van der Waals surface area contributed by atoms with Crippen molar-refractivity contribution in [3.8, 4) is 0 Å². The maximum atomic E-state index is 13.8. The van der Waals surface area contributed by atoms with Crippen molar-refractivity contribution in [1.82, 2.24) is 14.9 Å². The third kappa shape index (κ3) is 6.03. The van der Waals surface area contributed by atoms with Gasteiger partial charge in [-0.25, -0.2) is 18.2 Å². The van der Waals surface area contributed by atoms with Gasteiger partial charge in [0.25, 0.3) is 10.0 Å². The highest BCUT2D eigenvalue weighted by atomic mass is 32.2. The van der Waals surface area contributed by atoms with Crippen molar-refractivity contribution in [2.75, 3.05) is 43.0 Å². The Balaban J connectivity index is 1.59. The van der Waals surface area contributed by atoms with Gasteiger partial charge in [0.15, 0.2) is 0 Å². The number of benzene rings is 2. The minimum atomic E-state index is -4.67. The number of aliphatic hydroxyl groups is 1. The Morgan fingerprint density at radius 1 is 1.18 bits per heavy atom. The van der Waals surface area contributed by atoms with Crippen molar-refractivity contribution in [3.63, 3.8) is 0 Å². The van der Waals surface area contributed by atoms with Gasteiger partial charge in [0, 0.05) is 39.0 Å². The quantitative estimate of drug-likeness (QED) is 0.391. The summed E-state index contributed by atoms with van der Waals surface area (Å²) < 4.78 is 75.4. The first-order valence-electron chi connectivity index (χ1n) is 11.9. The van der Waals surface area contributed by atoms with Gasteiger partial charge in [-0.2, -0.15) is 13.2 Å². The first kappa shape index (κ1) is 27.7. The molecule has 2 heterocycles. The number of alkyl halides is 3. The molecule has 0 radical (unpaired) electrons. The minimum Gasteiger partial charge on any atom is -0.395 e. The van der Waals surface area contributed by atoms with Crippen LogP contribution in [-0.2, 0) is 27.5 Å². The van der Waals surface area contributed by atoms with E-state index in [-0.39, 0.29) is 47.2 Å². The van der Waals surface area contributed by atoms with Gasteiger partial charge in [-0.1, -0.05) is 0 Å². The Kier molecular flexibility index (Phi) is 8.13. The zero-order chi connectivity index (χ0) is 27.5. The summed E-state index contributed by atoms with van der Waals surface area (Å²) in [5.74, 6) is -1.00. The third-order valence-electron chi connectivity index (χ3n) is 6.30. The lowest BCUT2D eigenvalue weighted by atomic mass is 10.0. The largest absolute Gasteiger partial charge is 0.449 e. The SMILES string of the molecule is CN(c1ccc2c(c1)nc(C(F)(F)F)n2CC1CCOCC1)S(=O)(=O)c1ccc(NC(=O)NCCO)cc1. The molecule has 1 aliphatic rings. The predicted octanol–water partition coefficient (Wildman–Crippen LogP) is 3.42. The molecule has 0 aliphatic carbocycles. The molecule has 1 aliphatic heterocycles. The molecule has 0 unspecified atom stereocenters. The molecule has 206 valence electrons. The van der Waals surface area contributed by atoms with Gasteiger partial charge in [0.1, 0.15) is 0 Å². The molecule has 0 atom stereocenters. The monoisotopic (exact) mass is 555 g/mol. The molecule has 1 saturated heterocycles. The van der Waals surface area contributed by atoms with Crippen molar-refractivity contribution in [2.45, 2.75) is 30.5 Å². The molecule has 0 spiro atoms. The summed E-state index contributed by atoms with van der Waals surface area (Å²) in [7, 11) is -2.77. The lowest BCUT2D eigenvalue weighted by Gasteiger charge is -2.24. The summed E-state index contributed by atoms with van der Waals surface area (Å²) >= 11 is 0. The second kappa shape index (κ2) is 11.2. The number of hydrogen-bond donors (Lipinski definition) is 3. The second-order valence-electron chi connectivity index (χ2n) is 8.87.